The van der Waals surface area contributed by atoms with Gasteiger partial charge in [0.2, 0.25) is 0 Å². The Morgan fingerprint density at radius 3 is 2.59 bits per heavy atom. The first kappa shape index (κ1) is 15.4. The number of amides is 2. The van der Waals surface area contributed by atoms with E-state index in [1.54, 1.807) is 24.4 Å². The van der Waals surface area contributed by atoms with Crippen molar-refractivity contribution >= 4 is 18.0 Å². The second-order valence-corrected chi connectivity index (χ2v) is 4.76. The lowest BCUT2D eigenvalue weighted by molar-refractivity contribution is -0.120. The lowest BCUT2D eigenvalue weighted by atomic mass is 10.1. The van der Waals surface area contributed by atoms with Crippen LogP contribution in [0.3, 0.4) is 0 Å². The van der Waals surface area contributed by atoms with Crippen LogP contribution >= 0.6 is 0 Å². The number of rotatable bonds is 5. The lowest BCUT2D eigenvalue weighted by Gasteiger charge is -2.04. The minimum Gasteiger partial charge on any atom is -0.343 e. The normalized spacial score (nSPS) is 10.4. The number of nitrogens with zero attached hydrogens (tertiary/aromatic N) is 1. The maximum Gasteiger partial charge on any atom is 0.259 e. The number of aryl methyl sites for hydroxylation is 1. The average Bonchev–Trinajstić information content (AvgIpc) is 2.53. The third kappa shape index (κ3) is 4.86. The monoisotopic (exact) mass is 295 g/mol. The number of hydrogen-bond donors (Lipinski definition) is 2. The first-order chi connectivity index (χ1) is 10.6. The lowest BCUT2D eigenvalue weighted by Crippen LogP contribution is -2.34. The van der Waals surface area contributed by atoms with E-state index in [2.05, 4.69) is 15.8 Å². The molecule has 2 rings (SSSR count). The largest absolute Gasteiger partial charge is 0.343 e. The Hall–Kier alpha value is -2.95. The van der Waals surface area contributed by atoms with Crippen LogP contribution in [0.1, 0.15) is 21.5 Å². The van der Waals surface area contributed by atoms with Gasteiger partial charge in [-0.25, -0.2) is 5.43 Å². The van der Waals surface area contributed by atoms with Gasteiger partial charge in [0.05, 0.1) is 12.8 Å². The molecule has 0 atom stereocenters. The number of nitrogens with one attached hydrogen (secondary N) is 2. The summed E-state index contributed by atoms with van der Waals surface area (Å²) in [5.41, 5.74) is 4.76. The highest BCUT2D eigenvalue weighted by Gasteiger charge is 2.07. The molecule has 2 amide bonds. The summed E-state index contributed by atoms with van der Waals surface area (Å²) in [6.07, 6.45) is 1.54. The van der Waals surface area contributed by atoms with E-state index in [1.165, 1.54) is 0 Å². The fraction of sp³-hybridized carbons (Fsp3) is 0.118. The summed E-state index contributed by atoms with van der Waals surface area (Å²) in [7, 11) is 0. The van der Waals surface area contributed by atoms with Crippen LogP contribution in [0.2, 0.25) is 0 Å². The van der Waals surface area contributed by atoms with Gasteiger partial charge in [-0.1, -0.05) is 48.0 Å². The molecule has 112 valence electrons. The van der Waals surface area contributed by atoms with E-state index in [0.717, 1.165) is 11.1 Å². The molecular weight excluding hydrogens is 278 g/mol. The third-order valence-electron chi connectivity index (χ3n) is 2.89. The summed E-state index contributed by atoms with van der Waals surface area (Å²) in [6, 6.07) is 16.6. The van der Waals surface area contributed by atoms with Crippen molar-refractivity contribution in [3.63, 3.8) is 0 Å². The zero-order chi connectivity index (χ0) is 15.8. The van der Waals surface area contributed by atoms with Crippen LogP contribution in [0.5, 0.6) is 0 Å². The van der Waals surface area contributed by atoms with E-state index < -0.39 is 0 Å². The van der Waals surface area contributed by atoms with E-state index >= 15 is 0 Å². The van der Waals surface area contributed by atoms with E-state index in [9.17, 15) is 9.59 Å². The van der Waals surface area contributed by atoms with E-state index in [0.29, 0.717) is 5.56 Å². The molecule has 5 nitrogen and oxygen atoms in total. The van der Waals surface area contributed by atoms with Gasteiger partial charge in [-0.2, -0.15) is 5.10 Å². The molecule has 2 aromatic rings. The molecule has 0 fully saturated rings. The maximum atomic E-state index is 11.9. The average molecular weight is 295 g/mol. The summed E-state index contributed by atoms with van der Waals surface area (Å²) < 4.78 is 0. The first-order valence-corrected chi connectivity index (χ1v) is 6.87. The van der Waals surface area contributed by atoms with Gasteiger partial charge in [0.15, 0.2) is 0 Å². The van der Waals surface area contributed by atoms with Crippen LogP contribution in [0, 0.1) is 6.92 Å². The zero-order valence-corrected chi connectivity index (χ0v) is 12.2. The Bertz CT molecular complexity index is 681. The molecule has 0 aliphatic carbocycles. The fourth-order valence-corrected chi connectivity index (χ4v) is 1.81. The van der Waals surface area contributed by atoms with Gasteiger partial charge in [-0.3, -0.25) is 9.59 Å². The molecule has 2 N–H and O–H groups in total. The van der Waals surface area contributed by atoms with E-state index in [4.69, 9.17) is 0 Å². The molecule has 0 heterocycles. The molecule has 0 aromatic heterocycles. The molecule has 0 bridgehead atoms. The molecule has 0 spiro atoms. The van der Waals surface area contributed by atoms with Crippen LogP contribution in [0.4, 0.5) is 0 Å². The van der Waals surface area contributed by atoms with Gasteiger partial charge < -0.3 is 5.32 Å². The first-order valence-electron chi connectivity index (χ1n) is 6.87. The quantitative estimate of drug-likeness (QED) is 0.653. The van der Waals surface area contributed by atoms with Crippen molar-refractivity contribution in [2.75, 3.05) is 6.54 Å². The highest BCUT2D eigenvalue weighted by atomic mass is 16.2. The Kier molecular flexibility index (Phi) is 5.43. The Labute approximate surface area is 129 Å². The van der Waals surface area contributed by atoms with Crippen LogP contribution in [-0.2, 0) is 4.79 Å². The maximum absolute atomic E-state index is 11.9. The fourth-order valence-electron chi connectivity index (χ4n) is 1.81. The SMILES string of the molecule is Cc1cccc(C(=O)NCC(=O)N/N=C\c2ccccc2)c1. The molecule has 0 saturated heterocycles. The highest BCUT2D eigenvalue weighted by Crippen LogP contribution is 2.03. The molecule has 22 heavy (non-hydrogen) atoms. The Morgan fingerprint density at radius 2 is 1.86 bits per heavy atom. The van der Waals surface area contributed by atoms with Gasteiger partial charge in [0, 0.05) is 5.56 Å². The van der Waals surface area contributed by atoms with Gasteiger partial charge in [-0.15, -0.1) is 0 Å². The predicted octanol–water partition coefficient (Wildman–Crippen LogP) is 1.88. The number of benzene rings is 2. The van der Waals surface area contributed by atoms with Crippen molar-refractivity contribution < 1.29 is 9.59 Å². The van der Waals surface area contributed by atoms with Gasteiger partial charge >= 0.3 is 0 Å². The number of carbonyl (C=O) groups excluding carboxylic acids is 2. The third-order valence-corrected chi connectivity index (χ3v) is 2.89. The highest BCUT2D eigenvalue weighted by molar-refractivity contribution is 5.96. The standard InChI is InChI=1S/C17H17N3O2/c1-13-6-5-9-15(10-13)17(22)18-12-16(21)20-19-11-14-7-3-2-4-8-14/h2-11H,12H2,1H3,(H,18,22)(H,20,21)/b19-11-. The van der Waals surface area contributed by atoms with Crippen molar-refractivity contribution in [2.24, 2.45) is 5.10 Å². The van der Waals surface area contributed by atoms with Gasteiger partial charge in [0.1, 0.15) is 0 Å². The van der Waals surface area contributed by atoms with E-state index in [1.807, 2.05) is 43.3 Å². The second-order valence-electron chi connectivity index (χ2n) is 4.76. The van der Waals surface area contributed by atoms with Crippen LogP contribution < -0.4 is 10.7 Å². The molecule has 0 unspecified atom stereocenters. The summed E-state index contributed by atoms with van der Waals surface area (Å²) in [5, 5.41) is 6.38. The molecule has 2 aromatic carbocycles. The van der Waals surface area contributed by atoms with Crippen LogP contribution in [0.15, 0.2) is 59.7 Å². The number of hydrazone groups is 1. The van der Waals surface area contributed by atoms with E-state index in [-0.39, 0.29) is 18.4 Å². The number of hydrogen-bond acceptors (Lipinski definition) is 3. The summed E-state index contributed by atoms with van der Waals surface area (Å²) in [4.78, 5) is 23.5. The summed E-state index contributed by atoms with van der Waals surface area (Å²) >= 11 is 0. The second kappa shape index (κ2) is 7.73. The molecular formula is C17H17N3O2. The van der Waals surface area contributed by atoms with Gasteiger partial charge in [0.25, 0.3) is 11.8 Å². The Balaban J connectivity index is 1.78. The van der Waals surface area contributed by atoms with Crippen molar-refractivity contribution in [1.29, 1.82) is 0 Å². The molecule has 0 aliphatic rings. The summed E-state index contributed by atoms with van der Waals surface area (Å²) in [6.45, 7) is 1.78. The minimum absolute atomic E-state index is 0.126. The molecule has 5 heteroatoms. The smallest absolute Gasteiger partial charge is 0.259 e. The zero-order valence-electron chi connectivity index (χ0n) is 12.2. The molecule has 0 saturated carbocycles. The van der Waals surface area contributed by atoms with Crippen molar-refractivity contribution in [3.8, 4) is 0 Å². The molecule has 0 aliphatic heterocycles. The minimum atomic E-state index is -0.381. The predicted molar refractivity (Wildman–Crippen MR) is 85.7 cm³/mol. The van der Waals surface area contributed by atoms with Crippen molar-refractivity contribution in [3.05, 3.63) is 71.3 Å². The van der Waals surface area contributed by atoms with Crippen molar-refractivity contribution in [2.45, 2.75) is 6.92 Å². The molecule has 0 radical (unpaired) electrons. The van der Waals surface area contributed by atoms with Crippen LogP contribution in [0.25, 0.3) is 0 Å². The number of carbonyl (C=O) groups is 2. The van der Waals surface area contributed by atoms with Crippen molar-refractivity contribution in [1.82, 2.24) is 10.7 Å². The van der Waals surface area contributed by atoms with Gasteiger partial charge in [-0.05, 0) is 24.6 Å². The Morgan fingerprint density at radius 1 is 1.09 bits per heavy atom. The topological polar surface area (TPSA) is 70.6 Å². The summed E-state index contributed by atoms with van der Waals surface area (Å²) in [5.74, 6) is -0.668. The van der Waals surface area contributed by atoms with Crippen LogP contribution in [-0.4, -0.2) is 24.6 Å².